The van der Waals surface area contributed by atoms with Gasteiger partial charge < -0.3 is 15.8 Å². The number of nitrogens with one attached hydrogen (secondary N) is 1. The fourth-order valence-corrected chi connectivity index (χ4v) is 1.50. The Morgan fingerprint density at radius 3 is 2.88 bits per heavy atom. The highest BCUT2D eigenvalue weighted by molar-refractivity contribution is 5.75. The maximum atomic E-state index is 11.4. The van der Waals surface area contributed by atoms with E-state index in [-0.39, 0.29) is 12.0 Å². The number of ether oxygens (including phenoxy) is 1. The van der Waals surface area contributed by atoms with Gasteiger partial charge >= 0.3 is 5.97 Å². The largest absolute Gasteiger partial charge is 0.465 e. The minimum Gasteiger partial charge on any atom is -0.465 e. The van der Waals surface area contributed by atoms with Gasteiger partial charge in [0.1, 0.15) is 6.04 Å². The number of carbonyl (C=O) groups is 1. The second kappa shape index (κ2) is 6.25. The van der Waals surface area contributed by atoms with E-state index in [0.717, 1.165) is 16.8 Å². The first-order chi connectivity index (χ1) is 8.04. The monoisotopic (exact) mass is 236 g/mol. The lowest BCUT2D eigenvalue weighted by Crippen LogP contribution is -2.35. The summed E-state index contributed by atoms with van der Waals surface area (Å²) in [6.45, 7) is 6.55. The first-order valence-electron chi connectivity index (χ1n) is 5.79. The summed E-state index contributed by atoms with van der Waals surface area (Å²) in [5, 5.41) is 3.10. The Kier molecular flexibility index (Phi) is 4.97. The molecule has 94 valence electrons. The predicted molar refractivity (Wildman–Crippen MR) is 68.5 cm³/mol. The summed E-state index contributed by atoms with van der Waals surface area (Å²) in [4.78, 5) is 11.4. The zero-order chi connectivity index (χ0) is 12.8. The molecule has 0 aliphatic heterocycles. The fourth-order valence-electron chi connectivity index (χ4n) is 1.50. The van der Waals surface area contributed by atoms with E-state index in [1.807, 2.05) is 25.1 Å². The molecule has 0 aliphatic rings. The van der Waals surface area contributed by atoms with Crippen molar-refractivity contribution in [3.8, 4) is 0 Å². The molecule has 0 saturated carbocycles. The van der Waals surface area contributed by atoms with Gasteiger partial charge in [0.2, 0.25) is 0 Å². The second-order valence-electron chi connectivity index (χ2n) is 4.06. The van der Waals surface area contributed by atoms with Crippen LogP contribution in [0.2, 0.25) is 0 Å². The van der Waals surface area contributed by atoms with Crippen LogP contribution in [-0.4, -0.2) is 18.6 Å². The van der Waals surface area contributed by atoms with Crippen molar-refractivity contribution in [1.82, 2.24) is 5.32 Å². The quantitative estimate of drug-likeness (QED) is 0.602. The summed E-state index contributed by atoms with van der Waals surface area (Å²) in [7, 11) is 0. The van der Waals surface area contributed by atoms with Crippen LogP contribution in [0, 0.1) is 6.92 Å². The predicted octanol–water partition coefficient (Wildman–Crippen LogP) is 1.62. The van der Waals surface area contributed by atoms with Crippen LogP contribution in [0.3, 0.4) is 0 Å². The first kappa shape index (κ1) is 13.5. The SMILES string of the molecule is CCOC(=O)[C@@H](C)NCc1cc(C)ccc1N. The molecule has 3 N–H and O–H groups in total. The average molecular weight is 236 g/mol. The molecule has 0 unspecified atom stereocenters. The Balaban J connectivity index is 2.55. The zero-order valence-corrected chi connectivity index (χ0v) is 10.6. The maximum absolute atomic E-state index is 11.4. The number of aryl methyl sites for hydroxylation is 1. The number of nitrogens with two attached hydrogens (primary N) is 1. The maximum Gasteiger partial charge on any atom is 0.322 e. The Labute approximate surface area is 102 Å². The van der Waals surface area contributed by atoms with Gasteiger partial charge in [-0.05, 0) is 32.4 Å². The smallest absolute Gasteiger partial charge is 0.322 e. The number of benzene rings is 1. The molecule has 4 heteroatoms. The number of nitrogen functional groups attached to an aromatic ring is 1. The molecule has 0 bridgehead atoms. The number of hydrogen-bond acceptors (Lipinski definition) is 4. The summed E-state index contributed by atoms with van der Waals surface area (Å²) in [6, 6.07) is 5.53. The zero-order valence-electron chi connectivity index (χ0n) is 10.6. The molecule has 17 heavy (non-hydrogen) atoms. The third-order valence-electron chi connectivity index (χ3n) is 2.54. The van der Waals surface area contributed by atoms with Gasteiger partial charge in [-0.25, -0.2) is 0 Å². The Bertz CT molecular complexity index is 391. The first-order valence-corrected chi connectivity index (χ1v) is 5.79. The van der Waals surface area contributed by atoms with Crippen molar-refractivity contribution in [2.45, 2.75) is 33.4 Å². The van der Waals surface area contributed by atoms with Gasteiger partial charge in [0.15, 0.2) is 0 Å². The van der Waals surface area contributed by atoms with E-state index in [1.165, 1.54) is 0 Å². The van der Waals surface area contributed by atoms with Crippen LogP contribution in [0.5, 0.6) is 0 Å². The molecule has 0 amide bonds. The summed E-state index contributed by atoms with van der Waals surface area (Å²) in [6.07, 6.45) is 0. The molecule has 0 aromatic heterocycles. The number of anilines is 1. The van der Waals surface area contributed by atoms with Crippen LogP contribution in [0.15, 0.2) is 18.2 Å². The standard InChI is InChI=1S/C13H20N2O2/c1-4-17-13(16)10(3)15-8-11-7-9(2)5-6-12(11)14/h5-7,10,15H,4,8,14H2,1-3H3/t10-/m1/s1. The minimum absolute atomic E-state index is 0.237. The molecule has 0 saturated heterocycles. The van der Waals surface area contributed by atoms with Crippen molar-refractivity contribution >= 4 is 11.7 Å². The number of carbonyl (C=O) groups excluding carboxylic acids is 1. The average Bonchev–Trinajstić information content (AvgIpc) is 2.30. The lowest BCUT2D eigenvalue weighted by atomic mass is 10.1. The fraction of sp³-hybridized carbons (Fsp3) is 0.462. The van der Waals surface area contributed by atoms with Crippen LogP contribution in [0.4, 0.5) is 5.69 Å². The molecule has 1 rings (SSSR count). The minimum atomic E-state index is -0.324. The van der Waals surface area contributed by atoms with Crippen molar-refractivity contribution in [2.75, 3.05) is 12.3 Å². The molecular weight excluding hydrogens is 216 g/mol. The van der Waals surface area contributed by atoms with Crippen LogP contribution in [-0.2, 0) is 16.1 Å². The molecule has 4 nitrogen and oxygen atoms in total. The van der Waals surface area contributed by atoms with E-state index in [1.54, 1.807) is 13.8 Å². The summed E-state index contributed by atoms with van der Waals surface area (Å²) in [5.41, 5.74) is 8.74. The van der Waals surface area contributed by atoms with Gasteiger partial charge in [-0.2, -0.15) is 0 Å². The summed E-state index contributed by atoms with van der Waals surface area (Å²) in [5.74, 6) is -0.237. The normalized spacial score (nSPS) is 12.2. The second-order valence-corrected chi connectivity index (χ2v) is 4.06. The van der Waals surface area contributed by atoms with Gasteiger partial charge in [-0.3, -0.25) is 4.79 Å². The highest BCUT2D eigenvalue weighted by atomic mass is 16.5. The van der Waals surface area contributed by atoms with E-state index < -0.39 is 0 Å². The third-order valence-corrected chi connectivity index (χ3v) is 2.54. The highest BCUT2D eigenvalue weighted by Crippen LogP contribution is 2.13. The van der Waals surface area contributed by atoms with E-state index in [9.17, 15) is 4.79 Å². The van der Waals surface area contributed by atoms with E-state index in [0.29, 0.717) is 13.2 Å². The molecule has 1 atom stereocenters. The van der Waals surface area contributed by atoms with E-state index >= 15 is 0 Å². The van der Waals surface area contributed by atoms with Crippen LogP contribution < -0.4 is 11.1 Å². The van der Waals surface area contributed by atoms with E-state index in [2.05, 4.69) is 5.32 Å². The molecule has 0 radical (unpaired) electrons. The molecule has 0 spiro atoms. The molecule has 0 heterocycles. The van der Waals surface area contributed by atoms with Crippen LogP contribution in [0.1, 0.15) is 25.0 Å². The molecule has 1 aromatic carbocycles. The third kappa shape index (κ3) is 4.07. The van der Waals surface area contributed by atoms with Crippen molar-refractivity contribution < 1.29 is 9.53 Å². The van der Waals surface area contributed by atoms with Gasteiger partial charge in [-0.15, -0.1) is 0 Å². The van der Waals surface area contributed by atoms with Crippen molar-refractivity contribution in [3.63, 3.8) is 0 Å². The Hall–Kier alpha value is -1.55. The molecule has 1 aromatic rings. The van der Waals surface area contributed by atoms with Crippen LogP contribution in [0.25, 0.3) is 0 Å². The van der Waals surface area contributed by atoms with Crippen molar-refractivity contribution in [2.24, 2.45) is 0 Å². The lowest BCUT2D eigenvalue weighted by Gasteiger charge is -2.14. The van der Waals surface area contributed by atoms with Crippen molar-refractivity contribution in [3.05, 3.63) is 29.3 Å². The molecule has 0 aliphatic carbocycles. The van der Waals surface area contributed by atoms with Gasteiger partial charge in [0, 0.05) is 12.2 Å². The highest BCUT2D eigenvalue weighted by Gasteiger charge is 2.13. The number of esters is 1. The molecular formula is C13H20N2O2. The summed E-state index contributed by atoms with van der Waals surface area (Å²) >= 11 is 0. The van der Waals surface area contributed by atoms with Gasteiger partial charge in [0.25, 0.3) is 0 Å². The topological polar surface area (TPSA) is 64.3 Å². The number of rotatable bonds is 5. The lowest BCUT2D eigenvalue weighted by molar-refractivity contribution is -0.145. The van der Waals surface area contributed by atoms with E-state index in [4.69, 9.17) is 10.5 Å². The van der Waals surface area contributed by atoms with Gasteiger partial charge in [-0.1, -0.05) is 17.7 Å². The van der Waals surface area contributed by atoms with Crippen molar-refractivity contribution in [1.29, 1.82) is 0 Å². The van der Waals surface area contributed by atoms with Gasteiger partial charge in [0.05, 0.1) is 6.61 Å². The Morgan fingerprint density at radius 1 is 1.53 bits per heavy atom. The van der Waals surface area contributed by atoms with Crippen LogP contribution >= 0.6 is 0 Å². The number of hydrogen-bond donors (Lipinski definition) is 2. The Morgan fingerprint density at radius 2 is 2.24 bits per heavy atom. The summed E-state index contributed by atoms with van der Waals surface area (Å²) < 4.78 is 4.91. The molecule has 0 fully saturated rings.